The summed E-state index contributed by atoms with van der Waals surface area (Å²) in [5, 5.41) is 8.61. The molecule has 5 heteroatoms. The number of unbranched alkanes of at least 4 members (excludes halogenated alkanes) is 1. The SMILES string of the molecule is CC(CCCCC(=O)O)[N+](C)(C=O)OCc1ccccc1. The van der Waals surface area contributed by atoms with Crippen LogP contribution in [0.15, 0.2) is 30.3 Å². The van der Waals surface area contributed by atoms with Crippen LogP contribution in [-0.4, -0.2) is 35.2 Å². The second kappa shape index (κ2) is 8.54. The van der Waals surface area contributed by atoms with Crippen molar-refractivity contribution in [2.24, 2.45) is 0 Å². The molecular formula is C16H24NO4+. The van der Waals surface area contributed by atoms with E-state index in [-0.39, 0.29) is 17.1 Å². The second-order valence-corrected chi connectivity index (χ2v) is 5.41. The van der Waals surface area contributed by atoms with Crippen LogP contribution in [0.2, 0.25) is 0 Å². The summed E-state index contributed by atoms with van der Waals surface area (Å²) in [5.74, 6) is -0.782. The summed E-state index contributed by atoms with van der Waals surface area (Å²) >= 11 is 0. The normalized spacial score (nSPS) is 15.1. The molecule has 0 heterocycles. The predicted molar refractivity (Wildman–Crippen MR) is 79.0 cm³/mol. The zero-order chi connectivity index (χ0) is 15.7. The van der Waals surface area contributed by atoms with Crippen molar-refractivity contribution in [3.63, 3.8) is 0 Å². The Hall–Kier alpha value is -1.72. The Kier molecular flexibility index (Phi) is 7.05. The van der Waals surface area contributed by atoms with Crippen LogP contribution in [0.25, 0.3) is 0 Å². The number of nitrogens with zero attached hydrogens (tertiary/aromatic N) is 1. The Bertz CT molecular complexity index is 449. The molecule has 2 unspecified atom stereocenters. The lowest BCUT2D eigenvalue weighted by Crippen LogP contribution is -2.49. The standard InChI is InChI=1S/C16H23NO4/c1-14(8-6-7-11-16(19)20)17(2,13-18)21-12-15-9-4-3-5-10-15/h3-5,9-10,13-14H,6-8,11-12H2,1-2H3/p+1. The fourth-order valence-corrected chi connectivity index (χ4v) is 2.02. The summed E-state index contributed by atoms with van der Waals surface area (Å²) in [5.41, 5.74) is 1.02. The van der Waals surface area contributed by atoms with Gasteiger partial charge in [-0.1, -0.05) is 30.3 Å². The van der Waals surface area contributed by atoms with E-state index in [2.05, 4.69) is 0 Å². The number of benzene rings is 1. The second-order valence-electron chi connectivity index (χ2n) is 5.41. The predicted octanol–water partition coefficient (Wildman–Crippen LogP) is 2.75. The minimum absolute atomic E-state index is 0.0139. The number of carbonyl (C=O) groups is 2. The molecule has 1 aromatic carbocycles. The molecule has 0 aliphatic carbocycles. The summed E-state index contributed by atoms with van der Waals surface area (Å²) < 4.78 is -0.123. The molecule has 0 saturated heterocycles. The van der Waals surface area contributed by atoms with Gasteiger partial charge in [0.05, 0.1) is 0 Å². The van der Waals surface area contributed by atoms with Gasteiger partial charge in [0.25, 0.3) is 0 Å². The number of rotatable bonds is 10. The lowest BCUT2D eigenvalue weighted by atomic mass is 10.1. The third kappa shape index (κ3) is 6.06. The largest absolute Gasteiger partial charge is 0.481 e. The van der Waals surface area contributed by atoms with Crippen molar-refractivity contribution >= 4 is 12.4 Å². The van der Waals surface area contributed by atoms with E-state index in [1.54, 1.807) is 7.05 Å². The molecule has 1 aromatic rings. The van der Waals surface area contributed by atoms with Crippen molar-refractivity contribution < 1.29 is 24.2 Å². The van der Waals surface area contributed by atoms with E-state index in [4.69, 9.17) is 9.94 Å². The maximum atomic E-state index is 11.4. The van der Waals surface area contributed by atoms with Crippen molar-refractivity contribution in [2.45, 2.75) is 45.3 Å². The number of aliphatic carboxylic acids is 1. The highest BCUT2D eigenvalue weighted by Gasteiger charge is 2.31. The number of amides is 1. The molecule has 0 spiro atoms. The first-order valence-electron chi connectivity index (χ1n) is 7.20. The van der Waals surface area contributed by atoms with Gasteiger partial charge in [-0.15, -0.1) is 4.65 Å². The van der Waals surface area contributed by atoms with E-state index < -0.39 is 5.97 Å². The van der Waals surface area contributed by atoms with E-state index in [1.165, 1.54) is 0 Å². The van der Waals surface area contributed by atoms with Gasteiger partial charge in [0.2, 0.25) is 0 Å². The minimum atomic E-state index is -0.782. The van der Waals surface area contributed by atoms with E-state index in [1.807, 2.05) is 37.3 Å². The summed E-state index contributed by atoms with van der Waals surface area (Å²) in [6.45, 7) is 2.32. The Morgan fingerprint density at radius 2 is 2.00 bits per heavy atom. The Labute approximate surface area is 125 Å². The highest BCUT2D eigenvalue weighted by Crippen LogP contribution is 2.17. The molecule has 0 radical (unpaired) electrons. The van der Waals surface area contributed by atoms with Crippen LogP contribution >= 0.6 is 0 Å². The zero-order valence-electron chi connectivity index (χ0n) is 12.7. The molecule has 0 bridgehead atoms. The Morgan fingerprint density at radius 1 is 1.33 bits per heavy atom. The lowest BCUT2D eigenvalue weighted by molar-refractivity contribution is -1.04. The fraction of sp³-hybridized carbons (Fsp3) is 0.500. The maximum Gasteiger partial charge on any atom is 0.333 e. The molecule has 1 amide bonds. The third-order valence-corrected chi connectivity index (χ3v) is 3.70. The number of carboxylic acids is 1. The first-order valence-corrected chi connectivity index (χ1v) is 7.20. The van der Waals surface area contributed by atoms with Gasteiger partial charge in [0.1, 0.15) is 19.7 Å². The van der Waals surface area contributed by atoms with Crippen LogP contribution < -0.4 is 0 Å². The van der Waals surface area contributed by atoms with Crippen LogP contribution in [0.3, 0.4) is 0 Å². The number of hydrogen-bond donors (Lipinski definition) is 1. The van der Waals surface area contributed by atoms with Crippen molar-refractivity contribution in [1.82, 2.24) is 0 Å². The Balaban J connectivity index is 2.45. The molecule has 1 rings (SSSR count). The van der Waals surface area contributed by atoms with Crippen LogP contribution in [0.5, 0.6) is 0 Å². The smallest absolute Gasteiger partial charge is 0.333 e. The first kappa shape index (κ1) is 17.3. The highest BCUT2D eigenvalue weighted by atomic mass is 16.7. The topological polar surface area (TPSA) is 63.6 Å². The van der Waals surface area contributed by atoms with E-state index in [0.717, 1.165) is 24.8 Å². The third-order valence-electron chi connectivity index (χ3n) is 3.70. The van der Waals surface area contributed by atoms with E-state index in [0.29, 0.717) is 13.0 Å². The molecule has 1 N–H and O–H groups in total. The van der Waals surface area contributed by atoms with Gasteiger partial charge in [-0.25, -0.2) is 4.79 Å². The molecule has 21 heavy (non-hydrogen) atoms. The number of carboxylic acid groups (broad SMARTS) is 1. The molecule has 5 nitrogen and oxygen atoms in total. The van der Waals surface area contributed by atoms with Gasteiger partial charge >= 0.3 is 12.4 Å². The number of quaternary nitrogens is 1. The number of carbonyl (C=O) groups excluding carboxylic acids is 1. The highest BCUT2D eigenvalue weighted by molar-refractivity contribution is 5.66. The summed E-state index contributed by atoms with van der Waals surface area (Å²) in [4.78, 5) is 27.6. The van der Waals surface area contributed by atoms with Gasteiger partial charge in [0, 0.05) is 12.8 Å². The van der Waals surface area contributed by atoms with Gasteiger partial charge in [-0.2, -0.15) is 4.84 Å². The minimum Gasteiger partial charge on any atom is -0.481 e. The van der Waals surface area contributed by atoms with Crippen LogP contribution in [0, 0.1) is 0 Å². The van der Waals surface area contributed by atoms with Crippen LogP contribution in [0.1, 0.15) is 38.2 Å². The molecule has 2 atom stereocenters. The van der Waals surface area contributed by atoms with Crippen molar-refractivity contribution in [3.05, 3.63) is 35.9 Å². The number of hydrogen-bond acceptors (Lipinski definition) is 3. The van der Waals surface area contributed by atoms with Crippen LogP contribution in [-0.2, 0) is 21.0 Å². The van der Waals surface area contributed by atoms with Crippen LogP contribution in [0.4, 0.5) is 0 Å². The summed E-state index contributed by atoms with van der Waals surface area (Å²) in [6, 6.07) is 9.68. The van der Waals surface area contributed by atoms with E-state index >= 15 is 0 Å². The quantitative estimate of drug-likeness (QED) is 0.312. The van der Waals surface area contributed by atoms with Crippen molar-refractivity contribution in [1.29, 1.82) is 0 Å². The van der Waals surface area contributed by atoms with Gasteiger partial charge < -0.3 is 5.11 Å². The van der Waals surface area contributed by atoms with Gasteiger partial charge in [-0.05, 0) is 25.3 Å². The summed E-state index contributed by atoms with van der Waals surface area (Å²) in [6.07, 6.45) is 3.10. The zero-order valence-corrected chi connectivity index (χ0v) is 12.7. The molecule has 0 saturated carbocycles. The molecule has 116 valence electrons. The Morgan fingerprint density at radius 3 is 2.57 bits per heavy atom. The molecule has 0 aliphatic rings. The van der Waals surface area contributed by atoms with Gasteiger partial charge in [0.15, 0.2) is 0 Å². The fourth-order valence-electron chi connectivity index (χ4n) is 2.02. The first-order chi connectivity index (χ1) is 9.98. The molecular weight excluding hydrogens is 270 g/mol. The van der Waals surface area contributed by atoms with E-state index in [9.17, 15) is 9.59 Å². The molecule has 0 aliphatic heterocycles. The van der Waals surface area contributed by atoms with Crippen molar-refractivity contribution in [3.8, 4) is 0 Å². The average Bonchev–Trinajstić information content (AvgIpc) is 2.49. The van der Waals surface area contributed by atoms with Crippen molar-refractivity contribution in [2.75, 3.05) is 7.05 Å². The lowest BCUT2D eigenvalue weighted by Gasteiger charge is -2.30. The molecule has 0 aromatic heterocycles. The summed E-state index contributed by atoms with van der Waals surface area (Å²) in [7, 11) is 1.73. The molecule has 0 fully saturated rings. The number of hydroxylamine groups is 3. The van der Waals surface area contributed by atoms with Gasteiger partial charge in [-0.3, -0.25) is 4.79 Å². The monoisotopic (exact) mass is 294 g/mol. The average molecular weight is 294 g/mol. The maximum absolute atomic E-state index is 11.4.